The van der Waals surface area contributed by atoms with Gasteiger partial charge in [-0.1, -0.05) is 25.3 Å². The Balaban J connectivity index is 1.89. The van der Waals surface area contributed by atoms with Crippen LogP contribution in [0.25, 0.3) is 0 Å². The first-order valence-corrected chi connectivity index (χ1v) is 8.03. The van der Waals surface area contributed by atoms with Gasteiger partial charge in [-0.25, -0.2) is 4.39 Å². The van der Waals surface area contributed by atoms with Crippen LogP contribution in [0.5, 0.6) is 0 Å². The van der Waals surface area contributed by atoms with Crippen molar-refractivity contribution in [1.29, 1.82) is 0 Å². The molecule has 0 radical (unpaired) electrons. The molecule has 0 unspecified atom stereocenters. The summed E-state index contributed by atoms with van der Waals surface area (Å²) in [5.74, 6) is 0.600. The van der Waals surface area contributed by atoms with Gasteiger partial charge in [0.25, 0.3) is 0 Å². The maximum Gasteiger partial charge on any atom is 0.191 e. The van der Waals surface area contributed by atoms with E-state index < -0.39 is 0 Å². The standard InChI is InChI=1S/C17H27FN4/c1-19-17(21-14-7-5-4-6-8-14)20-12-13-9-10-16(22(2)3)15(18)11-13/h9-11,14H,4-8,12H2,1-3H3,(H2,19,20,21). The van der Waals surface area contributed by atoms with E-state index in [1.807, 2.05) is 26.2 Å². The molecule has 1 aromatic rings. The van der Waals surface area contributed by atoms with Gasteiger partial charge in [0.2, 0.25) is 0 Å². The summed E-state index contributed by atoms with van der Waals surface area (Å²) >= 11 is 0. The lowest BCUT2D eigenvalue weighted by Crippen LogP contribution is -2.43. The molecule has 2 rings (SSSR count). The molecule has 5 heteroatoms. The number of nitrogens with one attached hydrogen (secondary N) is 2. The van der Waals surface area contributed by atoms with Crippen molar-refractivity contribution < 1.29 is 4.39 Å². The van der Waals surface area contributed by atoms with Crippen LogP contribution >= 0.6 is 0 Å². The molecular weight excluding hydrogens is 279 g/mol. The quantitative estimate of drug-likeness (QED) is 0.664. The second-order valence-corrected chi connectivity index (χ2v) is 6.09. The van der Waals surface area contributed by atoms with E-state index in [1.165, 1.54) is 32.1 Å². The fourth-order valence-electron chi connectivity index (χ4n) is 2.84. The average molecular weight is 306 g/mol. The first-order valence-electron chi connectivity index (χ1n) is 8.03. The lowest BCUT2D eigenvalue weighted by Gasteiger charge is -2.25. The molecule has 0 spiro atoms. The predicted octanol–water partition coefficient (Wildman–Crippen LogP) is 2.89. The molecular formula is C17H27FN4. The van der Waals surface area contributed by atoms with Crippen LogP contribution < -0.4 is 15.5 Å². The van der Waals surface area contributed by atoms with Gasteiger partial charge in [0.05, 0.1) is 5.69 Å². The summed E-state index contributed by atoms with van der Waals surface area (Å²) in [5.41, 5.74) is 1.52. The maximum atomic E-state index is 14.0. The minimum Gasteiger partial charge on any atom is -0.375 e. The summed E-state index contributed by atoms with van der Waals surface area (Å²) in [5, 5.41) is 6.72. The van der Waals surface area contributed by atoms with Crippen molar-refractivity contribution in [2.24, 2.45) is 4.99 Å². The van der Waals surface area contributed by atoms with Crippen LogP contribution in [0.4, 0.5) is 10.1 Å². The van der Waals surface area contributed by atoms with E-state index in [4.69, 9.17) is 0 Å². The third kappa shape index (κ3) is 4.61. The van der Waals surface area contributed by atoms with Crippen molar-refractivity contribution >= 4 is 11.6 Å². The van der Waals surface area contributed by atoms with E-state index in [1.54, 1.807) is 18.0 Å². The lowest BCUT2D eigenvalue weighted by atomic mass is 9.96. The molecule has 0 atom stereocenters. The molecule has 0 aromatic heterocycles. The zero-order valence-electron chi connectivity index (χ0n) is 13.8. The molecule has 0 bridgehead atoms. The van der Waals surface area contributed by atoms with E-state index in [-0.39, 0.29) is 5.82 Å². The number of hydrogen-bond acceptors (Lipinski definition) is 2. The van der Waals surface area contributed by atoms with E-state index in [2.05, 4.69) is 15.6 Å². The van der Waals surface area contributed by atoms with Crippen LogP contribution in [0, 0.1) is 5.82 Å². The van der Waals surface area contributed by atoms with Crippen LogP contribution in [0.15, 0.2) is 23.2 Å². The molecule has 0 heterocycles. The number of halogens is 1. The van der Waals surface area contributed by atoms with E-state index in [0.717, 1.165) is 11.5 Å². The van der Waals surface area contributed by atoms with Crippen molar-refractivity contribution in [3.05, 3.63) is 29.6 Å². The first kappa shape index (κ1) is 16.6. The molecule has 0 saturated heterocycles. The van der Waals surface area contributed by atoms with Gasteiger partial charge in [-0.05, 0) is 30.5 Å². The van der Waals surface area contributed by atoms with E-state index in [0.29, 0.717) is 18.3 Å². The van der Waals surface area contributed by atoms with Gasteiger partial charge in [0.15, 0.2) is 5.96 Å². The highest BCUT2D eigenvalue weighted by Gasteiger charge is 2.14. The number of hydrogen-bond donors (Lipinski definition) is 2. The smallest absolute Gasteiger partial charge is 0.191 e. The Bertz CT molecular complexity index is 507. The Morgan fingerprint density at radius 3 is 2.59 bits per heavy atom. The molecule has 122 valence electrons. The molecule has 1 aliphatic carbocycles. The highest BCUT2D eigenvalue weighted by Crippen LogP contribution is 2.19. The summed E-state index contributed by atoms with van der Waals surface area (Å²) in [6.07, 6.45) is 6.30. The number of guanidine groups is 1. The molecule has 0 aliphatic heterocycles. The summed E-state index contributed by atoms with van der Waals surface area (Å²) in [6.45, 7) is 0.566. The van der Waals surface area contributed by atoms with Crippen LogP contribution in [-0.2, 0) is 6.54 Å². The predicted molar refractivity (Wildman–Crippen MR) is 90.9 cm³/mol. The number of aliphatic imine (C=N–C) groups is 1. The summed E-state index contributed by atoms with van der Waals surface area (Å²) in [4.78, 5) is 6.03. The fraction of sp³-hybridized carbons (Fsp3) is 0.588. The Labute approximate surface area is 132 Å². The van der Waals surface area contributed by atoms with Crippen LogP contribution in [0.1, 0.15) is 37.7 Å². The van der Waals surface area contributed by atoms with Gasteiger partial charge in [-0.2, -0.15) is 0 Å². The summed E-state index contributed by atoms with van der Waals surface area (Å²) in [6, 6.07) is 5.84. The van der Waals surface area contributed by atoms with Gasteiger partial charge in [0, 0.05) is 33.7 Å². The molecule has 1 aromatic carbocycles. The van der Waals surface area contributed by atoms with E-state index >= 15 is 0 Å². The number of rotatable bonds is 4. The highest BCUT2D eigenvalue weighted by molar-refractivity contribution is 5.79. The molecule has 1 saturated carbocycles. The van der Waals surface area contributed by atoms with Crippen LogP contribution in [0.3, 0.4) is 0 Å². The van der Waals surface area contributed by atoms with Gasteiger partial charge in [0.1, 0.15) is 5.82 Å². The third-order valence-electron chi connectivity index (χ3n) is 4.12. The number of nitrogens with zero attached hydrogens (tertiary/aromatic N) is 2. The summed E-state index contributed by atoms with van der Waals surface area (Å²) < 4.78 is 14.0. The van der Waals surface area contributed by atoms with Crippen molar-refractivity contribution in [3.63, 3.8) is 0 Å². The van der Waals surface area contributed by atoms with Crippen molar-refractivity contribution in [3.8, 4) is 0 Å². The maximum absolute atomic E-state index is 14.0. The zero-order chi connectivity index (χ0) is 15.9. The molecule has 0 amide bonds. The van der Waals surface area contributed by atoms with Crippen LogP contribution in [-0.4, -0.2) is 33.1 Å². The topological polar surface area (TPSA) is 39.7 Å². The second kappa shape index (κ2) is 8.01. The van der Waals surface area contributed by atoms with Crippen molar-refractivity contribution in [2.75, 3.05) is 26.0 Å². The Morgan fingerprint density at radius 2 is 2.00 bits per heavy atom. The molecule has 22 heavy (non-hydrogen) atoms. The van der Waals surface area contributed by atoms with Crippen molar-refractivity contribution in [2.45, 2.75) is 44.7 Å². The van der Waals surface area contributed by atoms with Gasteiger partial charge >= 0.3 is 0 Å². The first-order chi connectivity index (χ1) is 10.6. The lowest BCUT2D eigenvalue weighted by molar-refractivity contribution is 0.410. The largest absolute Gasteiger partial charge is 0.375 e. The number of benzene rings is 1. The van der Waals surface area contributed by atoms with E-state index in [9.17, 15) is 4.39 Å². The van der Waals surface area contributed by atoms with Gasteiger partial charge in [-0.3, -0.25) is 4.99 Å². The number of anilines is 1. The zero-order valence-corrected chi connectivity index (χ0v) is 13.8. The Kier molecular flexibility index (Phi) is 6.04. The molecule has 1 fully saturated rings. The third-order valence-corrected chi connectivity index (χ3v) is 4.12. The molecule has 4 nitrogen and oxygen atoms in total. The van der Waals surface area contributed by atoms with Gasteiger partial charge < -0.3 is 15.5 Å². The summed E-state index contributed by atoms with van der Waals surface area (Å²) in [7, 11) is 5.45. The minimum absolute atomic E-state index is 0.195. The normalized spacial score (nSPS) is 16.5. The monoisotopic (exact) mass is 306 g/mol. The Morgan fingerprint density at radius 1 is 1.27 bits per heavy atom. The highest BCUT2D eigenvalue weighted by atomic mass is 19.1. The average Bonchev–Trinajstić information content (AvgIpc) is 2.52. The molecule has 2 N–H and O–H groups in total. The second-order valence-electron chi connectivity index (χ2n) is 6.09. The van der Waals surface area contributed by atoms with Gasteiger partial charge in [-0.15, -0.1) is 0 Å². The fourth-order valence-corrected chi connectivity index (χ4v) is 2.84. The van der Waals surface area contributed by atoms with Crippen LogP contribution in [0.2, 0.25) is 0 Å². The Hall–Kier alpha value is -1.78. The molecule has 1 aliphatic rings. The SMILES string of the molecule is CN=C(NCc1ccc(N(C)C)c(F)c1)NC1CCCCC1. The minimum atomic E-state index is -0.195. The van der Waals surface area contributed by atoms with Crippen molar-refractivity contribution in [1.82, 2.24) is 10.6 Å².